The summed E-state index contributed by atoms with van der Waals surface area (Å²) in [5.74, 6) is -0.943. The van der Waals surface area contributed by atoms with E-state index in [1.807, 2.05) is 0 Å². The Labute approximate surface area is 305 Å². The summed E-state index contributed by atoms with van der Waals surface area (Å²) in [6.07, 6.45) is 2.84. The fourth-order valence-electron chi connectivity index (χ4n) is 5.28. The number of unbranched alkanes of at least 4 members (excludes halogenated alkanes) is 15. The molecule has 1 heterocycles. The maximum Gasteiger partial charge on any atom is 1.00 e. The average molecular weight is 712 g/mol. The Morgan fingerprint density at radius 1 is 0.830 bits per heavy atom. The van der Waals surface area contributed by atoms with Gasteiger partial charge in [-0.05, 0) is 6.42 Å². The van der Waals surface area contributed by atoms with Crippen molar-refractivity contribution in [3.8, 4) is 0 Å². The second-order valence-corrected chi connectivity index (χ2v) is 12.4. The molecule has 1 rings (SSSR count). The van der Waals surface area contributed by atoms with E-state index in [0.717, 1.165) is 19.3 Å². The SMILES string of the molecule is CCCCCCCCCCCCCCCCCCNC(=O)[C@H](O)[C@@H](O)[C@H](O[C@H]1OC(CO)[C@@H](O)[C@H](O)C1O)[C@H](O)COSOO[O-].[Na+]. The van der Waals surface area contributed by atoms with E-state index < -0.39 is 74.2 Å². The van der Waals surface area contributed by atoms with Gasteiger partial charge < -0.3 is 55.8 Å². The molecule has 0 aliphatic carbocycles. The fourth-order valence-corrected chi connectivity index (χ4v) is 5.54. The van der Waals surface area contributed by atoms with Crippen molar-refractivity contribution in [3.63, 3.8) is 0 Å². The molecule has 0 aromatic rings. The monoisotopic (exact) mass is 711 g/mol. The van der Waals surface area contributed by atoms with E-state index in [1.165, 1.54) is 77.0 Å². The van der Waals surface area contributed by atoms with Gasteiger partial charge in [-0.1, -0.05) is 103 Å². The van der Waals surface area contributed by atoms with Gasteiger partial charge in [0.1, 0.15) is 42.7 Å². The predicted molar refractivity (Wildman–Crippen MR) is 165 cm³/mol. The van der Waals surface area contributed by atoms with E-state index in [-0.39, 0.29) is 48.4 Å². The zero-order valence-electron chi connectivity index (χ0n) is 28.0. The topological polar surface area (TPSA) is 240 Å². The predicted octanol–water partition coefficient (Wildman–Crippen LogP) is -2.56. The maximum absolute atomic E-state index is 12.6. The number of carbonyl (C=O) groups is 1. The van der Waals surface area contributed by atoms with Gasteiger partial charge in [-0.2, -0.15) is 0 Å². The van der Waals surface area contributed by atoms with Crippen LogP contribution in [0, 0.1) is 0 Å². The molecule has 1 aliphatic rings. The Bertz CT molecular complexity index is 749. The van der Waals surface area contributed by atoms with E-state index >= 15 is 0 Å². The van der Waals surface area contributed by atoms with Gasteiger partial charge in [-0.25, -0.2) is 0 Å². The van der Waals surface area contributed by atoms with Crippen molar-refractivity contribution in [2.45, 2.75) is 165 Å². The number of hydrogen-bond acceptors (Lipinski definition) is 15. The Hall–Kier alpha value is 0.300. The van der Waals surface area contributed by atoms with Gasteiger partial charge in [0.2, 0.25) is 0 Å². The van der Waals surface area contributed by atoms with Gasteiger partial charge in [0, 0.05) is 6.54 Å². The summed E-state index contributed by atoms with van der Waals surface area (Å²) < 4.78 is 19.4. The summed E-state index contributed by atoms with van der Waals surface area (Å²) >= 11 is 0.0447. The van der Waals surface area contributed by atoms with Crippen molar-refractivity contribution in [1.82, 2.24) is 5.32 Å². The van der Waals surface area contributed by atoms with E-state index in [0.29, 0.717) is 6.42 Å². The second-order valence-electron chi connectivity index (χ2n) is 11.9. The summed E-state index contributed by atoms with van der Waals surface area (Å²) in [6.45, 7) is 1.02. The summed E-state index contributed by atoms with van der Waals surface area (Å²) in [6, 6.07) is 0. The molecule has 274 valence electrons. The summed E-state index contributed by atoms with van der Waals surface area (Å²) in [4.78, 5) is 12.6. The zero-order valence-corrected chi connectivity index (χ0v) is 30.8. The minimum atomic E-state index is -2.10. The molecule has 1 aliphatic heterocycles. The fraction of sp³-hybridized carbons (Fsp3) is 0.967. The summed E-state index contributed by atoms with van der Waals surface area (Å²) in [5.41, 5.74) is 0. The third-order valence-corrected chi connectivity index (χ3v) is 8.46. The van der Waals surface area contributed by atoms with E-state index in [1.54, 1.807) is 0 Å². The molecule has 15 nitrogen and oxygen atoms in total. The maximum atomic E-state index is 12.6. The summed E-state index contributed by atoms with van der Waals surface area (Å²) in [7, 11) is 0. The second kappa shape index (κ2) is 30.0. The molecule has 0 spiro atoms. The van der Waals surface area contributed by atoms with Crippen molar-refractivity contribution < 1.29 is 98.4 Å². The van der Waals surface area contributed by atoms with Crippen LogP contribution < -0.4 is 40.1 Å². The first kappa shape index (κ1) is 47.3. The molecule has 0 aromatic carbocycles. The molecule has 0 radical (unpaired) electrons. The number of aliphatic hydroxyl groups excluding tert-OH is 7. The van der Waals surface area contributed by atoms with Crippen LogP contribution in [0.1, 0.15) is 110 Å². The van der Waals surface area contributed by atoms with Gasteiger partial charge in [0.25, 0.3) is 5.91 Å². The number of rotatable bonds is 29. The quantitative estimate of drug-likeness (QED) is 0.0131. The number of nitrogens with one attached hydrogen (secondary N) is 1. The first-order chi connectivity index (χ1) is 22.2. The van der Waals surface area contributed by atoms with Crippen LogP contribution in [0.4, 0.5) is 0 Å². The van der Waals surface area contributed by atoms with Crippen molar-refractivity contribution >= 4 is 18.2 Å². The molecule has 8 N–H and O–H groups in total. The van der Waals surface area contributed by atoms with Gasteiger partial charge in [0.05, 0.1) is 13.2 Å². The van der Waals surface area contributed by atoms with Crippen LogP contribution in [0.3, 0.4) is 0 Å². The first-order valence-electron chi connectivity index (χ1n) is 16.7. The summed E-state index contributed by atoms with van der Waals surface area (Å²) in [5, 5.41) is 87.1. The van der Waals surface area contributed by atoms with Gasteiger partial charge in [-0.3, -0.25) is 14.0 Å². The number of hydrogen-bond donors (Lipinski definition) is 8. The third-order valence-electron chi connectivity index (χ3n) is 8.12. The molecule has 1 fully saturated rings. The third kappa shape index (κ3) is 20.1. The number of amides is 1. The molecule has 47 heavy (non-hydrogen) atoms. The van der Waals surface area contributed by atoms with Crippen LogP contribution in [0.2, 0.25) is 0 Å². The van der Waals surface area contributed by atoms with Crippen LogP contribution in [0.15, 0.2) is 0 Å². The van der Waals surface area contributed by atoms with Gasteiger partial charge in [0.15, 0.2) is 24.7 Å². The Morgan fingerprint density at radius 3 is 1.83 bits per heavy atom. The van der Waals surface area contributed by atoms with Crippen LogP contribution in [0.5, 0.6) is 0 Å². The average Bonchev–Trinajstić information content (AvgIpc) is 3.05. The number of aliphatic hydroxyl groups is 7. The molecule has 2 unspecified atom stereocenters. The molecule has 0 aromatic heterocycles. The van der Waals surface area contributed by atoms with Crippen molar-refractivity contribution in [2.24, 2.45) is 0 Å². The first-order valence-corrected chi connectivity index (χ1v) is 17.4. The molecule has 1 saturated heterocycles. The van der Waals surface area contributed by atoms with E-state index in [9.17, 15) is 45.8 Å². The number of carbonyl (C=O) groups excluding carboxylic acids is 1. The Morgan fingerprint density at radius 2 is 1.34 bits per heavy atom. The smallest absolute Gasteiger partial charge is 0.691 e. The zero-order chi connectivity index (χ0) is 34.2. The molecule has 17 heteroatoms. The normalized spacial score (nSPS) is 23.9. The van der Waals surface area contributed by atoms with Crippen LogP contribution >= 0.6 is 12.3 Å². The molecule has 0 saturated carbocycles. The molecular formula is C30H58NNaO14S. The molecule has 0 bridgehead atoms. The van der Waals surface area contributed by atoms with Crippen molar-refractivity contribution in [2.75, 3.05) is 19.8 Å². The van der Waals surface area contributed by atoms with E-state index in [2.05, 4.69) is 21.6 Å². The largest absolute Gasteiger partial charge is 1.00 e. The van der Waals surface area contributed by atoms with Gasteiger partial charge in [-0.15, -0.1) is 4.33 Å². The van der Waals surface area contributed by atoms with Crippen LogP contribution in [-0.2, 0) is 27.8 Å². The van der Waals surface area contributed by atoms with Crippen LogP contribution in [0.25, 0.3) is 0 Å². The Balaban J connectivity index is 0.0000212. The Kier molecular flexibility index (Phi) is 30.2. The van der Waals surface area contributed by atoms with Crippen molar-refractivity contribution in [3.05, 3.63) is 0 Å². The minimum Gasteiger partial charge on any atom is -0.691 e. The molecular weight excluding hydrogens is 653 g/mol. The van der Waals surface area contributed by atoms with Crippen LogP contribution in [-0.4, -0.2) is 117 Å². The standard InChI is InChI=1S/C30H59NO14S.Na/c1-2-3-4-5-6-7-8-9-10-11-12-13-14-15-16-17-18-31-29(39)26(37)25(36)28(21(33)20-41-46-45-44-40)43-30-27(38)24(35)23(34)22(19-32)42-30;/h21-28,30,32-38,40H,2-20H2,1H3,(H,31,39);/q;+1/p-1/t21-,22?,23-,24+,25-,26-,27?,28-,30-;/m1./s1. The minimum absolute atomic E-state index is 0. The number of ether oxygens (including phenoxy) is 2. The molecule has 1 amide bonds. The van der Waals surface area contributed by atoms with Gasteiger partial charge >= 0.3 is 29.6 Å². The van der Waals surface area contributed by atoms with E-state index in [4.69, 9.17) is 13.7 Å². The van der Waals surface area contributed by atoms with Crippen molar-refractivity contribution in [1.29, 1.82) is 0 Å². The molecule has 9 atom stereocenters.